The first kappa shape index (κ1) is 11.0. The minimum Gasteiger partial charge on any atom is -0.384 e. The maximum absolute atomic E-state index is 13.1. The summed E-state index contributed by atoms with van der Waals surface area (Å²) in [6.45, 7) is 2.43. The lowest BCUT2D eigenvalue weighted by Gasteiger charge is -2.08. The Morgan fingerprint density at radius 3 is 2.93 bits per heavy atom. The lowest BCUT2D eigenvalue weighted by molar-refractivity contribution is 0.621. The number of halogens is 2. The van der Waals surface area contributed by atoms with Crippen LogP contribution in [0.3, 0.4) is 0 Å². The van der Waals surface area contributed by atoms with Crippen molar-refractivity contribution in [1.29, 1.82) is 5.26 Å². The van der Waals surface area contributed by atoms with Crippen LogP contribution in [0.2, 0.25) is 0 Å². The van der Waals surface area contributed by atoms with E-state index in [1.165, 1.54) is 6.07 Å². The van der Waals surface area contributed by atoms with Gasteiger partial charge in [0.2, 0.25) is 0 Å². The summed E-state index contributed by atoms with van der Waals surface area (Å²) in [6.07, 6.45) is 0.414. The highest BCUT2D eigenvalue weighted by molar-refractivity contribution is 9.10. The number of benzene rings is 1. The molecule has 1 aromatic rings. The van der Waals surface area contributed by atoms with E-state index in [0.717, 1.165) is 11.3 Å². The molecule has 1 rings (SSSR count). The molecule has 0 bridgehead atoms. The quantitative estimate of drug-likeness (QED) is 0.844. The van der Waals surface area contributed by atoms with Crippen LogP contribution < -0.4 is 5.32 Å². The van der Waals surface area contributed by atoms with Gasteiger partial charge in [0.1, 0.15) is 5.82 Å². The lowest BCUT2D eigenvalue weighted by atomic mass is 10.2. The van der Waals surface area contributed by atoms with Gasteiger partial charge in [-0.3, -0.25) is 0 Å². The molecule has 0 aromatic heterocycles. The number of rotatable bonds is 3. The van der Waals surface area contributed by atoms with Crippen molar-refractivity contribution in [2.24, 2.45) is 0 Å². The van der Waals surface area contributed by atoms with Crippen molar-refractivity contribution in [1.82, 2.24) is 0 Å². The van der Waals surface area contributed by atoms with Crippen LogP contribution in [0.1, 0.15) is 12.0 Å². The standard InChI is InChI=1S/C10H10BrFN2/c1-7-5-8(11)9(12)6-10(7)14-4-2-3-13/h5-6,14H,2,4H2,1H3. The van der Waals surface area contributed by atoms with E-state index in [0.29, 0.717) is 17.4 Å². The molecule has 0 spiro atoms. The van der Waals surface area contributed by atoms with Gasteiger partial charge in [-0.05, 0) is 40.5 Å². The molecule has 1 N–H and O–H groups in total. The minimum absolute atomic E-state index is 0.296. The maximum Gasteiger partial charge on any atom is 0.139 e. The van der Waals surface area contributed by atoms with Gasteiger partial charge in [0.25, 0.3) is 0 Å². The first-order chi connectivity index (χ1) is 6.65. The van der Waals surface area contributed by atoms with Crippen LogP contribution in [0, 0.1) is 24.1 Å². The molecule has 14 heavy (non-hydrogen) atoms. The third kappa shape index (κ3) is 2.71. The zero-order chi connectivity index (χ0) is 10.6. The van der Waals surface area contributed by atoms with Crippen molar-refractivity contribution in [3.8, 4) is 6.07 Å². The fraction of sp³-hybridized carbons (Fsp3) is 0.300. The van der Waals surface area contributed by atoms with E-state index >= 15 is 0 Å². The van der Waals surface area contributed by atoms with E-state index in [1.807, 2.05) is 13.0 Å². The van der Waals surface area contributed by atoms with Crippen molar-refractivity contribution in [2.45, 2.75) is 13.3 Å². The molecule has 4 heteroatoms. The van der Waals surface area contributed by atoms with E-state index in [1.54, 1.807) is 6.07 Å². The van der Waals surface area contributed by atoms with Gasteiger partial charge in [0, 0.05) is 12.2 Å². The van der Waals surface area contributed by atoms with Crippen molar-refractivity contribution in [2.75, 3.05) is 11.9 Å². The fourth-order valence-corrected chi connectivity index (χ4v) is 1.55. The normalized spacial score (nSPS) is 9.57. The highest BCUT2D eigenvalue weighted by Gasteiger charge is 2.04. The molecule has 0 saturated heterocycles. The number of nitrogens with one attached hydrogen (secondary N) is 1. The van der Waals surface area contributed by atoms with Gasteiger partial charge in [0.15, 0.2) is 0 Å². The lowest BCUT2D eigenvalue weighted by Crippen LogP contribution is -2.02. The summed E-state index contributed by atoms with van der Waals surface area (Å²) in [6, 6.07) is 5.16. The number of anilines is 1. The van der Waals surface area contributed by atoms with Gasteiger partial charge in [-0.25, -0.2) is 4.39 Å². The SMILES string of the molecule is Cc1cc(Br)c(F)cc1NCCC#N. The highest BCUT2D eigenvalue weighted by atomic mass is 79.9. The van der Waals surface area contributed by atoms with Gasteiger partial charge < -0.3 is 5.32 Å². The fourth-order valence-electron chi connectivity index (χ4n) is 1.09. The molecule has 0 heterocycles. The molecule has 74 valence electrons. The Morgan fingerprint density at radius 1 is 1.57 bits per heavy atom. The van der Waals surface area contributed by atoms with Crippen LogP contribution in [0.25, 0.3) is 0 Å². The number of aryl methyl sites for hydroxylation is 1. The molecule has 1 aromatic carbocycles. The third-order valence-electron chi connectivity index (χ3n) is 1.82. The summed E-state index contributed by atoms with van der Waals surface area (Å²) in [5, 5.41) is 11.3. The minimum atomic E-state index is -0.296. The number of hydrogen-bond acceptors (Lipinski definition) is 2. The summed E-state index contributed by atoms with van der Waals surface area (Å²) in [7, 11) is 0. The Morgan fingerprint density at radius 2 is 2.29 bits per heavy atom. The predicted molar refractivity (Wildman–Crippen MR) is 57.6 cm³/mol. The molecule has 0 aliphatic heterocycles. The molecule has 0 saturated carbocycles. The molecular formula is C10H10BrFN2. The van der Waals surface area contributed by atoms with Gasteiger partial charge in [-0.15, -0.1) is 0 Å². The van der Waals surface area contributed by atoms with Crippen molar-refractivity contribution in [3.05, 3.63) is 28.0 Å². The summed E-state index contributed by atoms with van der Waals surface area (Å²) < 4.78 is 13.6. The van der Waals surface area contributed by atoms with Crippen molar-refractivity contribution >= 4 is 21.6 Å². The smallest absolute Gasteiger partial charge is 0.139 e. The summed E-state index contributed by atoms with van der Waals surface area (Å²) >= 11 is 3.11. The maximum atomic E-state index is 13.1. The molecule has 2 nitrogen and oxygen atoms in total. The molecule has 0 atom stereocenters. The first-order valence-electron chi connectivity index (χ1n) is 4.21. The van der Waals surface area contributed by atoms with E-state index < -0.39 is 0 Å². The van der Waals surface area contributed by atoms with Crippen LogP contribution in [0.4, 0.5) is 10.1 Å². The average Bonchev–Trinajstić information content (AvgIpc) is 2.14. The molecule has 0 unspecified atom stereocenters. The molecule has 0 radical (unpaired) electrons. The molecule has 0 amide bonds. The Kier molecular flexibility index (Phi) is 3.90. The second kappa shape index (κ2) is 4.97. The van der Waals surface area contributed by atoms with Gasteiger partial charge in [-0.1, -0.05) is 0 Å². The largest absolute Gasteiger partial charge is 0.384 e. The van der Waals surface area contributed by atoms with E-state index in [4.69, 9.17) is 5.26 Å². The van der Waals surface area contributed by atoms with Crippen LogP contribution in [-0.2, 0) is 0 Å². The first-order valence-corrected chi connectivity index (χ1v) is 5.01. The molecule has 0 fully saturated rings. The Labute approximate surface area is 90.9 Å². The van der Waals surface area contributed by atoms with Gasteiger partial charge in [-0.2, -0.15) is 5.26 Å². The van der Waals surface area contributed by atoms with Crippen LogP contribution in [-0.4, -0.2) is 6.54 Å². The predicted octanol–water partition coefficient (Wildman–Crippen LogP) is 3.22. The van der Waals surface area contributed by atoms with Crippen LogP contribution >= 0.6 is 15.9 Å². The Bertz CT molecular complexity index is 371. The number of nitrogens with zero attached hydrogens (tertiary/aromatic N) is 1. The second-order valence-corrected chi connectivity index (χ2v) is 3.77. The molecular weight excluding hydrogens is 247 g/mol. The number of nitriles is 1. The van der Waals surface area contributed by atoms with E-state index in [2.05, 4.69) is 21.2 Å². The molecule has 0 aliphatic rings. The van der Waals surface area contributed by atoms with E-state index in [-0.39, 0.29) is 5.82 Å². The van der Waals surface area contributed by atoms with Gasteiger partial charge >= 0.3 is 0 Å². The van der Waals surface area contributed by atoms with E-state index in [9.17, 15) is 4.39 Å². The Balaban J connectivity index is 2.78. The van der Waals surface area contributed by atoms with Crippen molar-refractivity contribution < 1.29 is 4.39 Å². The zero-order valence-electron chi connectivity index (χ0n) is 7.77. The molecule has 0 aliphatic carbocycles. The Hall–Kier alpha value is -1.08. The zero-order valence-corrected chi connectivity index (χ0v) is 9.36. The monoisotopic (exact) mass is 256 g/mol. The van der Waals surface area contributed by atoms with Crippen LogP contribution in [0.15, 0.2) is 16.6 Å². The third-order valence-corrected chi connectivity index (χ3v) is 2.43. The summed E-state index contributed by atoms with van der Waals surface area (Å²) in [5.74, 6) is -0.296. The summed E-state index contributed by atoms with van der Waals surface area (Å²) in [4.78, 5) is 0. The highest BCUT2D eigenvalue weighted by Crippen LogP contribution is 2.23. The van der Waals surface area contributed by atoms with Crippen molar-refractivity contribution in [3.63, 3.8) is 0 Å². The van der Waals surface area contributed by atoms with Crippen LogP contribution in [0.5, 0.6) is 0 Å². The average molecular weight is 257 g/mol. The van der Waals surface area contributed by atoms with Gasteiger partial charge in [0.05, 0.1) is 17.0 Å². The topological polar surface area (TPSA) is 35.8 Å². The summed E-state index contributed by atoms with van der Waals surface area (Å²) in [5.41, 5.74) is 1.69. The number of hydrogen-bond donors (Lipinski definition) is 1. The second-order valence-electron chi connectivity index (χ2n) is 2.92.